The summed E-state index contributed by atoms with van der Waals surface area (Å²) in [7, 11) is 0. The van der Waals surface area contributed by atoms with Gasteiger partial charge in [0.2, 0.25) is 5.91 Å². The number of furan rings is 1. The number of fused-ring (bicyclic) bond motifs is 1. The van der Waals surface area contributed by atoms with Crippen LogP contribution in [0.25, 0.3) is 27.7 Å². The number of amides is 1. The molecule has 0 aliphatic heterocycles. The molecule has 0 saturated carbocycles. The standard InChI is InChI=1S/C26H23BrN2O3/c1-3-31-24-13-25-22(23(16-32-25)19-7-4-8-20(27)11-19)12-21(24)17(2)10-26(30)29-15-18-6-5-9-28-14-18/h4-14,16H,3,15H2,1-2H3,(H,29,30)/b17-10+. The van der Waals surface area contributed by atoms with E-state index in [0.717, 1.165) is 43.3 Å². The maximum atomic E-state index is 12.5. The monoisotopic (exact) mass is 490 g/mol. The molecular formula is C26H23BrN2O3. The van der Waals surface area contributed by atoms with Crippen LogP contribution in [0.2, 0.25) is 0 Å². The first-order chi connectivity index (χ1) is 15.5. The summed E-state index contributed by atoms with van der Waals surface area (Å²) >= 11 is 3.53. The Balaban J connectivity index is 1.67. The molecule has 0 aliphatic rings. The Bertz CT molecular complexity index is 1280. The number of benzene rings is 2. The molecule has 2 aromatic heterocycles. The Morgan fingerprint density at radius 1 is 1.22 bits per heavy atom. The lowest BCUT2D eigenvalue weighted by Gasteiger charge is -2.12. The number of hydrogen-bond donors (Lipinski definition) is 1. The molecule has 162 valence electrons. The molecule has 0 bridgehead atoms. The van der Waals surface area contributed by atoms with Gasteiger partial charge in [-0.3, -0.25) is 9.78 Å². The van der Waals surface area contributed by atoms with Gasteiger partial charge in [-0.2, -0.15) is 0 Å². The van der Waals surface area contributed by atoms with Crippen LogP contribution in [0.1, 0.15) is 25.0 Å². The fourth-order valence-electron chi connectivity index (χ4n) is 3.53. The van der Waals surface area contributed by atoms with E-state index in [1.807, 2.05) is 56.3 Å². The van der Waals surface area contributed by atoms with Crippen LogP contribution in [0.5, 0.6) is 5.75 Å². The minimum absolute atomic E-state index is 0.173. The number of aromatic nitrogens is 1. The van der Waals surface area contributed by atoms with E-state index >= 15 is 0 Å². The normalized spacial score (nSPS) is 11.5. The van der Waals surface area contributed by atoms with Gasteiger partial charge in [0.25, 0.3) is 0 Å². The zero-order chi connectivity index (χ0) is 22.5. The number of ether oxygens (including phenoxy) is 1. The van der Waals surface area contributed by atoms with Crippen LogP contribution < -0.4 is 10.1 Å². The molecule has 2 heterocycles. The lowest BCUT2D eigenvalue weighted by atomic mass is 9.99. The van der Waals surface area contributed by atoms with Crippen LogP contribution in [-0.2, 0) is 11.3 Å². The lowest BCUT2D eigenvalue weighted by molar-refractivity contribution is -0.116. The first-order valence-corrected chi connectivity index (χ1v) is 11.1. The zero-order valence-electron chi connectivity index (χ0n) is 17.9. The summed E-state index contributed by atoms with van der Waals surface area (Å²) in [6.07, 6.45) is 6.80. The van der Waals surface area contributed by atoms with Crippen LogP contribution in [0.15, 0.2) is 82.2 Å². The molecule has 0 atom stereocenters. The Morgan fingerprint density at radius 3 is 2.84 bits per heavy atom. The van der Waals surface area contributed by atoms with Gasteiger partial charge in [0, 0.05) is 52.1 Å². The molecule has 0 unspecified atom stereocenters. The van der Waals surface area contributed by atoms with Crippen molar-refractivity contribution in [1.29, 1.82) is 0 Å². The summed E-state index contributed by atoms with van der Waals surface area (Å²) in [6, 6.07) is 15.8. The van der Waals surface area contributed by atoms with E-state index in [4.69, 9.17) is 9.15 Å². The van der Waals surface area contributed by atoms with Gasteiger partial charge in [-0.1, -0.05) is 34.1 Å². The molecule has 0 spiro atoms. The molecule has 6 heteroatoms. The number of carbonyl (C=O) groups excluding carboxylic acids is 1. The summed E-state index contributed by atoms with van der Waals surface area (Å²) in [5.74, 6) is 0.511. The highest BCUT2D eigenvalue weighted by Crippen LogP contribution is 2.38. The predicted molar refractivity (Wildman–Crippen MR) is 130 cm³/mol. The van der Waals surface area contributed by atoms with Gasteiger partial charge in [0.05, 0.1) is 12.9 Å². The van der Waals surface area contributed by atoms with Crippen LogP contribution in [0.3, 0.4) is 0 Å². The highest BCUT2D eigenvalue weighted by Gasteiger charge is 2.15. The summed E-state index contributed by atoms with van der Waals surface area (Å²) in [4.78, 5) is 16.6. The minimum Gasteiger partial charge on any atom is -0.493 e. The van der Waals surface area contributed by atoms with E-state index in [1.54, 1.807) is 24.7 Å². The Labute approximate surface area is 195 Å². The van der Waals surface area contributed by atoms with Gasteiger partial charge in [0.1, 0.15) is 11.3 Å². The molecule has 0 radical (unpaired) electrons. The quantitative estimate of drug-likeness (QED) is 0.305. The topological polar surface area (TPSA) is 64.4 Å². The Kier molecular flexibility index (Phi) is 6.71. The molecular weight excluding hydrogens is 468 g/mol. The molecule has 4 rings (SSSR count). The number of carbonyl (C=O) groups is 1. The van der Waals surface area contributed by atoms with Crippen molar-refractivity contribution >= 4 is 38.4 Å². The number of hydrogen-bond acceptors (Lipinski definition) is 4. The third-order valence-electron chi connectivity index (χ3n) is 5.07. The van der Waals surface area contributed by atoms with Gasteiger partial charge in [-0.15, -0.1) is 0 Å². The molecule has 0 fully saturated rings. The van der Waals surface area contributed by atoms with Gasteiger partial charge >= 0.3 is 0 Å². The maximum absolute atomic E-state index is 12.5. The van der Waals surface area contributed by atoms with Gasteiger partial charge in [0.15, 0.2) is 0 Å². The molecule has 0 aliphatic carbocycles. The number of nitrogens with zero attached hydrogens (tertiary/aromatic N) is 1. The summed E-state index contributed by atoms with van der Waals surface area (Å²) in [6.45, 7) is 4.77. The first-order valence-electron chi connectivity index (χ1n) is 10.3. The predicted octanol–water partition coefficient (Wildman–Crippen LogP) is 6.38. The smallest absolute Gasteiger partial charge is 0.244 e. The largest absolute Gasteiger partial charge is 0.493 e. The van der Waals surface area contributed by atoms with Crippen molar-refractivity contribution in [2.75, 3.05) is 6.61 Å². The highest BCUT2D eigenvalue weighted by molar-refractivity contribution is 9.10. The second-order valence-corrected chi connectivity index (χ2v) is 8.26. The Morgan fingerprint density at radius 2 is 2.09 bits per heavy atom. The van der Waals surface area contributed by atoms with E-state index < -0.39 is 0 Å². The second-order valence-electron chi connectivity index (χ2n) is 7.34. The molecule has 1 N–H and O–H groups in total. The third-order valence-corrected chi connectivity index (χ3v) is 5.57. The number of pyridine rings is 1. The highest BCUT2D eigenvalue weighted by atomic mass is 79.9. The average molecular weight is 491 g/mol. The minimum atomic E-state index is -0.173. The van der Waals surface area contributed by atoms with Crippen molar-refractivity contribution in [3.63, 3.8) is 0 Å². The molecule has 2 aromatic carbocycles. The lowest BCUT2D eigenvalue weighted by Crippen LogP contribution is -2.20. The molecule has 4 aromatic rings. The number of allylic oxidation sites excluding steroid dienone is 1. The SMILES string of the molecule is CCOc1cc2occ(-c3cccc(Br)c3)c2cc1/C(C)=C/C(=O)NCc1cccnc1. The fraction of sp³-hybridized carbons (Fsp3) is 0.154. The van der Waals surface area contributed by atoms with Crippen molar-refractivity contribution in [2.24, 2.45) is 0 Å². The van der Waals surface area contributed by atoms with Crippen LogP contribution in [-0.4, -0.2) is 17.5 Å². The molecule has 1 amide bonds. The summed E-state index contributed by atoms with van der Waals surface area (Å²) < 4.78 is 12.7. The van der Waals surface area contributed by atoms with Gasteiger partial charge in [-0.05, 0) is 54.8 Å². The van der Waals surface area contributed by atoms with Crippen molar-refractivity contribution in [2.45, 2.75) is 20.4 Å². The average Bonchev–Trinajstić information content (AvgIpc) is 3.21. The number of rotatable bonds is 7. The van der Waals surface area contributed by atoms with E-state index in [9.17, 15) is 4.79 Å². The van der Waals surface area contributed by atoms with E-state index in [0.29, 0.717) is 18.9 Å². The molecule has 5 nitrogen and oxygen atoms in total. The van der Waals surface area contributed by atoms with E-state index in [1.165, 1.54) is 0 Å². The fourth-order valence-corrected chi connectivity index (χ4v) is 3.93. The molecule has 0 saturated heterocycles. The second kappa shape index (κ2) is 9.83. The van der Waals surface area contributed by atoms with Crippen molar-refractivity contribution in [3.8, 4) is 16.9 Å². The van der Waals surface area contributed by atoms with Crippen molar-refractivity contribution in [3.05, 3.63) is 88.9 Å². The van der Waals surface area contributed by atoms with Crippen molar-refractivity contribution in [1.82, 2.24) is 10.3 Å². The summed E-state index contributed by atoms with van der Waals surface area (Å²) in [5, 5.41) is 3.87. The summed E-state index contributed by atoms with van der Waals surface area (Å²) in [5.41, 5.74) is 5.37. The Hall–Kier alpha value is -3.38. The van der Waals surface area contributed by atoms with Gasteiger partial charge in [-0.25, -0.2) is 0 Å². The third kappa shape index (κ3) is 4.92. The number of halogens is 1. The zero-order valence-corrected chi connectivity index (χ0v) is 19.5. The number of nitrogens with one attached hydrogen (secondary N) is 1. The molecule has 32 heavy (non-hydrogen) atoms. The van der Waals surface area contributed by atoms with Crippen LogP contribution >= 0.6 is 15.9 Å². The van der Waals surface area contributed by atoms with Gasteiger partial charge < -0.3 is 14.5 Å². The van der Waals surface area contributed by atoms with Crippen LogP contribution in [0.4, 0.5) is 0 Å². The van der Waals surface area contributed by atoms with E-state index in [-0.39, 0.29) is 5.91 Å². The van der Waals surface area contributed by atoms with Crippen molar-refractivity contribution < 1.29 is 13.9 Å². The first kappa shape index (κ1) is 21.8. The maximum Gasteiger partial charge on any atom is 0.244 e. The van der Waals surface area contributed by atoms with Crippen LogP contribution in [0, 0.1) is 0 Å². The van der Waals surface area contributed by atoms with E-state index in [2.05, 4.69) is 32.3 Å².